The maximum Gasteiger partial charge on any atom is 0.303 e. The van der Waals surface area contributed by atoms with Crippen LogP contribution in [0.4, 0.5) is 0 Å². The van der Waals surface area contributed by atoms with Crippen molar-refractivity contribution < 1.29 is 9.90 Å². The van der Waals surface area contributed by atoms with Crippen molar-refractivity contribution in [3.05, 3.63) is 34.4 Å². The fraction of sp³-hybridized carbons (Fsp3) is 0.562. The van der Waals surface area contributed by atoms with Crippen molar-refractivity contribution in [1.82, 2.24) is 0 Å². The molecule has 0 atom stereocenters. The number of fused-ring (bicyclic) bond motifs is 1. The SMILES string of the molecule is CC(C)(C)c1ccc(CCC(=O)O)c2c1CCC2. The summed E-state index contributed by atoms with van der Waals surface area (Å²) in [7, 11) is 0. The molecule has 1 aliphatic rings. The molecule has 0 unspecified atom stereocenters. The monoisotopic (exact) mass is 246 g/mol. The number of rotatable bonds is 3. The minimum absolute atomic E-state index is 0.180. The summed E-state index contributed by atoms with van der Waals surface area (Å²) < 4.78 is 0. The number of carboxylic acid groups (broad SMARTS) is 1. The molecule has 2 nitrogen and oxygen atoms in total. The third-order valence-electron chi connectivity index (χ3n) is 3.80. The molecule has 0 radical (unpaired) electrons. The van der Waals surface area contributed by atoms with Gasteiger partial charge in [-0.15, -0.1) is 0 Å². The van der Waals surface area contributed by atoms with Crippen molar-refractivity contribution >= 4 is 5.97 Å². The van der Waals surface area contributed by atoms with Gasteiger partial charge in [0.15, 0.2) is 0 Å². The first-order valence-corrected chi connectivity index (χ1v) is 6.75. The molecule has 0 aromatic heterocycles. The molecule has 0 heterocycles. The first-order chi connectivity index (χ1) is 8.39. The van der Waals surface area contributed by atoms with Crippen molar-refractivity contribution in [3.63, 3.8) is 0 Å². The quantitative estimate of drug-likeness (QED) is 0.886. The third kappa shape index (κ3) is 2.58. The van der Waals surface area contributed by atoms with E-state index in [1.807, 2.05) is 0 Å². The summed E-state index contributed by atoms with van der Waals surface area (Å²) in [6, 6.07) is 4.36. The minimum Gasteiger partial charge on any atom is -0.481 e. The van der Waals surface area contributed by atoms with Gasteiger partial charge in [0.05, 0.1) is 0 Å². The van der Waals surface area contributed by atoms with Crippen molar-refractivity contribution in [3.8, 4) is 0 Å². The Balaban J connectivity index is 2.36. The van der Waals surface area contributed by atoms with Crippen LogP contribution in [0.3, 0.4) is 0 Å². The van der Waals surface area contributed by atoms with Gasteiger partial charge < -0.3 is 5.11 Å². The van der Waals surface area contributed by atoms with Gasteiger partial charge in [0.1, 0.15) is 0 Å². The summed E-state index contributed by atoms with van der Waals surface area (Å²) in [5, 5.41) is 8.81. The van der Waals surface area contributed by atoms with Gasteiger partial charge in [0.2, 0.25) is 0 Å². The van der Waals surface area contributed by atoms with E-state index in [1.165, 1.54) is 28.7 Å². The van der Waals surface area contributed by atoms with Crippen molar-refractivity contribution in [2.45, 2.75) is 58.3 Å². The molecular formula is C16H22O2. The zero-order valence-corrected chi connectivity index (χ0v) is 11.5. The maximum absolute atomic E-state index is 10.7. The van der Waals surface area contributed by atoms with Crippen LogP contribution in [-0.4, -0.2) is 11.1 Å². The van der Waals surface area contributed by atoms with E-state index in [1.54, 1.807) is 0 Å². The van der Waals surface area contributed by atoms with E-state index in [2.05, 4.69) is 32.9 Å². The number of carboxylic acids is 1. The molecule has 0 aliphatic heterocycles. The van der Waals surface area contributed by atoms with Crippen LogP contribution in [0.2, 0.25) is 0 Å². The number of hydrogen-bond acceptors (Lipinski definition) is 1. The normalized spacial score (nSPS) is 14.6. The molecular weight excluding hydrogens is 224 g/mol. The third-order valence-corrected chi connectivity index (χ3v) is 3.80. The second-order valence-electron chi connectivity index (χ2n) is 6.23. The van der Waals surface area contributed by atoms with E-state index in [0.29, 0.717) is 6.42 Å². The molecule has 0 bridgehead atoms. The fourth-order valence-electron chi connectivity index (χ4n) is 2.96. The van der Waals surface area contributed by atoms with Crippen LogP contribution >= 0.6 is 0 Å². The van der Waals surface area contributed by atoms with Gasteiger partial charge in [-0.1, -0.05) is 32.9 Å². The fourth-order valence-corrected chi connectivity index (χ4v) is 2.96. The van der Waals surface area contributed by atoms with Crippen LogP contribution < -0.4 is 0 Å². The number of benzene rings is 1. The molecule has 98 valence electrons. The topological polar surface area (TPSA) is 37.3 Å². The van der Waals surface area contributed by atoms with Crippen LogP contribution in [-0.2, 0) is 29.5 Å². The highest BCUT2D eigenvalue weighted by Gasteiger charge is 2.24. The van der Waals surface area contributed by atoms with E-state index in [9.17, 15) is 4.79 Å². The summed E-state index contributed by atoms with van der Waals surface area (Å²) in [6.45, 7) is 6.74. The van der Waals surface area contributed by atoms with E-state index < -0.39 is 5.97 Å². The Bertz CT molecular complexity index is 467. The van der Waals surface area contributed by atoms with Crippen molar-refractivity contribution in [2.75, 3.05) is 0 Å². The average Bonchev–Trinajstić information content (AvgIpc) is 2.72. The van der Waals surface area contributed by atoms with E-state index in [-0.39, 0.29) is 11.8 Å². The summed E-state index contributed by atoms with van der Waals surface area (Å²) in [4.78, 5) is 10.7. The Hall–Kier alpha value is -1.31. The van der Waals surface area contributed by atoms with E-state index in [4.69, 9.17) is 5.11 Å². The number of aliphatic carboxylic acids is 1. The molecule has 0 amide bonds. The summed E-state index contributed by atoms with van der Waals surface area (Å²) in [5.41, 5.74) is 5.79. The summed E-state index contributed by atoms with van der Waals surface area (Å²) in [6.07, 6.45) is 4.39. The van der Waals surface area contributed by atoms with Crippen LogP contribution in [0, 0.1) is 0 Å². The highest BCUT2D eigenvalue weighted by Crippen LogP contribution is 2.35. The molecule has 1 aromatic rings. The van der Waals surface area contributed by atoms with Gasteiger partial charge in [-0.2, -0.15) is 0 Å². The molecule has 2 heteroatoms. The molecule has 2 rings (SSSR count). The predicted octanol–water partition coefficient (Wildman–Crippen LogP) is 3.49. The Morgan fingerprint density at radius 1 is 1.22 bits per heavy atom. The minimum atomic E-state index is -0.707. The zero-order chi connectivity index (χ0) is 13.3. The van der Waals surface area contributed by atoms with Gasteiger partial charge in [0, 0.05) is 6.42 Å². The largest absolute Gasteiger partial charge is 0.481 e. The molecule has 18 heavy (non-hydrogen) atoms. The van der Waals surface area contributed by atoms with Crippen LogP contribution in [0.15, 0.2) is 12.1 Å². The number of aryl methyl sites for hydroxylation is 1. The molecule has 0 fully saturated rings. The smallest absolute Gasteiger partial charge is 0.303 e. The Kier molecular flexibility index (Phi) is 3.47. The first kappa shape index (κ1) is 13.1. The maximum atomic E-state index is 10.7. The average molecular weight is 246 g/mol. The number of carbonyl (C=O) groups is 1. The van der Waals surface area contributed by atoms with Crippen molar-refractivity contribution in [1.29, 1.82) is 0 Å². The molecule has 1 aliphatic carbocycles. The van der Waals surface area contributed by atoms with Gasteiger partial charge in [0.25, 0.3) is 0 Å². The van der Waals surface area contributed by atoms with Crippen LogP contribution in [0.5, 0.6) is 0 Å². The van der Waals surface area contributed by atoms with Gasteiger partial charge in [-0.3, -0.25) is 4.79 Å². The molecule has 1 N–H and O–H groups in total. The lowest BCUT2D eigenvalue weighted by molar-refractivity contribution is -0.136. The van der Waals surface area contributed by atoms with Gasteiger partial charge in [-0.05, 0) is 53.4 Å². The molecule has 0 spiro atoms. The summed E-state index contributed by atoms with van der Waals surface area (Å²) >= 11 is 0. The highest BCUT2D eigenvalue weighted by atomic mass is 16.4. The predicted molar refractivity (Wildman–Crippen MR) is 73.1 cm³/mol. The van der Waals surface area contributed by atoms with E-state index in [0.717, 1.165) is 12.8 Å². The lowest BCUT2D eigenvalue weighted by Crippen LogP contribution is -2.15. The first-order valence-electron chi connectivity index (χ1n) is 6.75. The van der Waals surface area contributed by atoms with Crippen LogP contribution in [0.1, 0.15) is 55.9 Å². The second-order valence-corrected chi connectivity index (χ2v) is 6.23. The lowest BCUT2D eigenvalue weighted by Gasteiger charge is -2.24. The number of hydrogen-bond donors (Lipinski definition) is 1. The van der Waals surface area contributed by atoms with Crippen LogP contribution in [0.25, 0.3) is 0 Å². The highest BCUT2D eigenvalue weighted by molar-refractivity contribution is 5.67. The molecule has 1 aromatic carbocycles. The molecule has 0 saturated heterocycles. The van der Waals surface area contributed by atoms with E-state index >= 15 is 0 Å². The Morgan fingerprint density at radius 3 is 2.50 bits per heavy atom. The standard InChI is InChI=1S/C16H22O2/c1-16(2,3)14-9-7-11(8-10-15(17)18)12-5-4-6-13(12)14/h7,9H,4-6,8,10H2,1-3H3,(H,17,18). The van der Waals surface area contributed by atoms with Gasteiger partial charge >= 0.3 is 5.97 Å². The zero-order valence-electron chi connectivity index (χ0n) is 11.5. The lowest BCUT2D eigenvalue weighted by atomic mass is 9.81. The second kappa shape index (κ2) is 4.75. The Morgan fingerprint density at radius 2 is 1.89 bits per heavy atom. The molecule has 0 saturated carbocycles. The summed E-state index contributed by atoms with van der Waals surface area (Å²) in [5.74, 6) is -0.707. The van der Waals surface area contributed by atoms with Crippen molar-refractivity contribution in [2.24, 2.45) is 0 Å². The van der Waals surface area contributed by atoms with Gasteiger partial charge in [-0.25, -0.2) is 0 Å². The Labute approximate surface area is 109 Å².